The molecule has 0 amide bonds. The number of nitrogen functional groups attached to an aromatic ring is 1. The minimum absolute atomic E-state index is 0.350. The van der Waals surface area contributed by atoms with Crippen LogP contribution in [0.5, 0.6) is 0 Å². The fourth-order valence-corrected chi connectivity index (χ4v) is 2.59. The van der Waals surface area contributed by atoms with Crippen molar-refractivity contribution in [2.45, 2.75) is 26.3 Å². The number of benzene rings is 1. The van der Waals surface area contributed by atoms with Gasteiger partial charge in [-0.15, -0.1) is 5.10 Å². The van der Waals surface area contributed by atoms with Crippen LogP contribution in [-0.2, 0) is 10.3 Å². The second-order valence-electron chi connectivity index (χ2n) is 5.33. The molecule has 6 nitrogen and oxygen atoms in total. The van der Waals surface area contributed by atoms with Crippen LogP contribution in [0.15, 0.2) is 16.6 Å². The van der Waals surface area contributed by atoms with Gasteiger partial charge in [0.05, 0.1) is 12.1 Å². The maximum absolute atomic E-state index is 6.01. The summed E-state index contributed by atoms with van der Waals surface area (Å²) in [4.78, 5) is 0. The van der Waals surface area contributed by atoms with Gasteiger partial charge in [0.2, 0.25) is 0 Å². The third kappa shape index (κ3) is 2.69. The Labute approximate surface area is 126 Å². The summed E-state index contributed by atoms with van der Waals surface area (Å²) in [5, 5.41) is 12.0. The van der Waals surface area contributed by atoms with Crippen LogP contribution in [0.25, 0.3) is 11.4 Å². The third-order valence-corrected chi connectivity index (χ3v) is 3.65. The second kappa shape index (κ2) is 5.49. The lowest BCUT2D eigenvalue weighted by Crippen LogP contribution is -2.33. The van der Waals surface area contributed by atoms with Gasteiger partial charge in [0.15, 0.2) is 5.82 Å². The van der Waals surface area contributed by atoms with Crippen LogP contribution in [-0.4, -0.2) is 33.9 Å². The predicted molar refractivity (Wildman–Crippen MR) is 81.3 cm³/mol. The molecule has 1 aromatic carbocycles. The minimum atomic E-state index is -0.350. The maximum Gasteiger partial charge on any atom is 0.182 e. The summed E-state index contributed by atoms with van der Waals surface area (Å²) in [6.45, 7) is 6.51. The van der Waals surface area contributed by atoms with Crippen LogP contribution in [0.4, 0.5) is 5.69 Å². The Bertz CT molecular complexity index is 623. The van der Waals surface area contributed by atoms with E-state index < -0.39 is 0 Å². The van der Waals surface area contributed by atoms with Gasteiger partial charge >= 0.3 is 0 Å². The molecular formula is C13H18BrN5O. The molecule has 108 valence electrons. The fraction of sp³-hybridized carbons (Fsp3) is 0.462. The van der Waals surface area contributed by atoms with Gasteiger partial charge < -0.3 is 10.5 Å². The number of methoxy groups -OCH3 is 1. The summed E-state index contributed by atoms with van der Waals surface area (Å²) >= 11 is 3.46. The van der Waals surface area contributed by atoms with E-state index in [-0.39, 0.29) is 5.54 Å². The van der Waals surface area contributed by atoms with Crippen LogP contribution in [0, 0.1) is 6.92 Å². The van der Waals surface area contributed by atoms with Crippen LogP contribution in [0.3, 0.4) is 0 Å². The molecule has 0 aliphatic rings. The standard InChI is InChI=1S/C13H18BrN5O/c1-8-10(5-9(14)6-11(8)15)12-16-17-18-19(12)13(2,3)7-20-4/h5-6H,7,15H2,1-4H3. The normalized spacial score (nSPS) is 11.8. The predicted octanol–water partition coefficient (Wildman–Crippen LogP) is 2.37. The van der Waals surface area contributed by atoms with Crippen molar-refractivity contribution < 1.29 is 4.74 Å². The Balaban J connectivity index is 2.59. The largest absolute Gasteiger partial charge is 0.398 e. The lowest BCUT2D eigenvalue weighted by molar-refractivity contribution is 0.101. The van der Waals surface area contributed by atoms with Crippen LogP contribution < -0.4 is 5.73 Å². The number of anilines is 1. The first-order valence-corrected chi connectivity index (χ1v) is 7.00. The van der Waals surface area contributed by atoms with Gasteiger partial charge in [-0.1, -0.05) is 15.9 Å². The lowest BCUT2D eigenvalue weighted by atomic mass is 10.0. The molecule has 0 fully saturated rings. The van der Waals surface area contributed by atoms with Gasteiger partial charge in [0, 0.05) is 22.8 Å². The second-order valence-corrected chi connectivity index (χ2v) is 6.24. The molecule has 2 aromatic rings. The van der Waals surface area contributed by atoms with E-state index >= 15 is 0 Å². The van der Waals surface area contributed by atoms with E-state index in [9.17, 15) is 0 Å². The average molecular weight is 340 g/mol. The average Bonchev–Trinajstić information content (AvgIpc) is 2.83. The minimum Gasteiger partial charge on any atom is -0.398 e. The fourth-order valence-electron chi connectivity index (χ4n) is 2.11. The van der Waals surface area contributed by atoms with Crippen molar-refractivity contribution in [2.24, 2.45) is 0 Å². The SMILES string of the molecule is COCC(C)(C)n1nnnc1-c1cc(Br)cc(N)c1C. The maximum atomic E-state index is 6.01. The van der Waals surface area contributed by atoms with Crippen molar-refractivity contribution >= 4 is 21.6 Å². The molecule has 0 saturated heterocycles. The van der Waals surface area contributed by atoms with E-state index in [1.165, 1.54) is 0 Å². The van der Waals surface area contributed by atoms with E-state index in [0.29, 0.717) is 18.1 Å². The first kappa shape index (κ1) is 14.9. The number of ether oxygens (including phenoxy) is 1. The first-order valence-electron chi connectivity index (χ1n) is 6.20. The highest BCUT2D eigenvalue weighted by Gasteiger charge is 2.27. The zero-order valence-corrected chi connectivity index (χ0v) is 13.6. The molecule has 1 aromatic heterocycles. The Morgan fingerprint density at radius 1 is 1.40 bits per heavy atom. The quantitative estimate of drug-likeness (QED) is 0.865. The van der Waals surface area contributed by atoms with Crippen molar-refractivity contribution in [1.82, 2.24) is 20.2 Å². The summed E-state index contributed by atoms with van der Waals surface area (Å²) in [5.74, 6) is 0.678. The molecule has 1 heterocycles. The van der Waals surface area contributed by atoms with E-state index in [2.05, 4.69) is 31.5 Å². The van der Waals surface area contributed by atoms with Crippen molar-refractivity contribution in [3.8, 4) is 11.4 Å². The third-order valence-electron chi connectivity index (χ3n) is 3.19. The number of tetrazole rings is 1. The topological polar surface area (TPSA) is 78.8 Å². The van der Waals surface area contributed by atoms with E-state index in [0.717, 1.165) is 15.6 Å². The summed E-state index contributed by atoms with van der Waals surface area (Å²) < 4.78 is 7.92. The number of aromatic nitrogens is 4. The molecule has 0 saturated carbocycles. The van der Waals surface area contributed by atoms with Gasteiger partial charge in [-0.3, -0.25) is 0 Å². The molecule has 0 radical (unpaired) electrons. The van der Waals surface area contributed by atoms with Gasteiger partial charge in [-0.25, -0.2) is 4.68 Å². The summed E-state index contributed by atoms with van der Waals surface area (Å²) in [7, 11) is 1.66. The molecule has 0 atom stereocenters. The highest BCUT2D eigenvalue weighted by atomic mass is 79.9. The zero-order valence-electron chi connectivity index (χ0n) is 12.0. The summed E-state index contributed by atoms with van der Waals surface area (Å²) in [6, 6.07) is 3.84. The Morgan fingerprint density at radius 3 is 2.75 bits per heavy atom. The molecule has 2 N–H and O–H groups in total. The van der Waals surface area contributed by atoms with Crippen LogP contribution >= 0.6 is 15.9 Å². The van der Waals surface area contributed by atoms with Crippen molar-refractivity contribution in [1.29, 1.82) is 0 Å². The van der Waals surface area contributed by atoms with Crippen LogP contribution in [0.2, 0.25) is 0 Å². The lowest BCUT2D eigenvalue weighted by Gasteiger charge is -2.25. The van der Waals surface area contributed by atoms with E-state index in [4.69, 9.17) is 10.5 Å². The van der Waals surface area contributed by atoms with E-state index in [1.54, 1.807) is 11.8 Å². The number of hydrogen-bond acceptors (Lipinski definition) is 5. The van der Waals surface area contributed by atoms with Gasteiger partial charge in [-0.05, 0) is 48.9 Å². The summed E-state index contributed by atoms with van der Waals surface area (Å²) in [5.41, 5.74) is 8.23. The first-order chi connectivity index (χ1) is 9.36. The molecule has 0 spiro atoms. The van der Waals surface area contributed by atoms with Gasteiger partial charge in [0.1, 0.15) is 0 Å². The monoisotopic (exact) mass is 339 g/mol. The van der Waals surface area contributed by atoms with Crippen molar-refractivity contribution in [2.75, 3.05) is 19.5 Å². The van der Waals surface area contributed by atoms with Crippen molar-refractivity contribution in [3.63, 3.8) is 0 Å². The number of rotatable bonds is 4. The van der Waals surface area contributed by atoms with E-state index in [1.807, 2.05) is 32.9 Å². The number of nitrogens with two attached hydrogens (primary N) is 1. The molecule has 2 rings (SSSR count). The molecule has 0 aliphatic heterocycles. The summed E-state index contributed by atoms with van der Waals surface area (Å²) in [6.07, 6.45) is 0. The molecule has 7 heteroatoms. The Morgan fingerprint density at radius 2 is 2.10 bits per heavy atom. The zero-order chi connectivity index (χ0) is 14.9. The van der Waals surface area contributed by atoms with Crippen molar-refractivity contribution in [3.05, 3.63) is 22.2 Å². The van der Waals surface area contributed by atoms with Gasteiger partial charge in [0.25, 0.3) is 0 Å². The Kier molecular flexibility index (Phi) is 4.10. The molecule has 0 aliphatic carbocycles. The molecule has 20 heavy (non-hydrogen) atoms. The number of nitrogens with zero attached hydrogens (tertiary/aromatic N) is 4. The highest BCUT2D eigenvalue weighted by Crippen LogP contribution is 2.31. The Hall–Kier alpha value is -1.47. The molecular weight excluding hydrogens is 322 g/mol. The number of hydrogen-bond donors (Lipinski definition) is 1. The number of halogens is 1. The molecule has 0 unspecified atom stereocenters. The molecule has 0 bridgehead atoms. The smallest absolute Gasteiger partial charge is 0.182 e. The highest BCUT2D eigenvalue weighted by molar-refractivity contribution is 9.10. The van der Waals surface area contributed by atoms with Gasteiger partial charge in [-0.2, -0.15) is 0 Å². The van der Waals surface area contributed by atoms with Crippen LogP contribution in [0.1, 0.15) is 19.4 Å².